The monoisotopic (exact) mass is 278 g/mol. The Hall–Kier alpha value is -0.870. The SMILES string of the molecule is CCC1CN(Cc2ccn(C(C)C)n2)C(C(C)C)CN1. The number of nitrogens with one attached hydrogen (secondary N) is 1. The minimum Gasteiger partial charge on any atom is -0.311 e. The van der Waals surface area contributed by atoms with Crippen LogP contribution >= 0.6 is 0 Å². The Kier molecular flexibility index (Phi) is 5.22. The Morgan fingerprint density at radius 1 is 1.35 bits per heavy atom. The molecule has 2 rings (SSSR count). The molecule has 4 nitrogen and oxygen atoms in total. The topological polar surface area (TPSA) is 33.1 Å². The predicted molar refractivity (Wildman–Crippen MR) is 83.7 cm³/mol. The molecule has 1 N–H and O–H groups in total. The van der Waals surface area contributed by atoms with E-state index < -0.39 is 0 Å². The minimum absolute atomic E-state index is 0.441. The van der Waals surface area contributed by atoms with Crippen molar-refractivity contribution in [1.82, 2.24) is 20.0 Å². The van der Waals surface area contributed by atoms with Crippen molar-refractivity contribution in [1.29, 1.82) is 0 Å². The van der Waals surface area contributed by atoms with E-state index in [-0.39, 0.29) is 0 Å². The molecule has 20 heavy (non-hydrogen) atoms. The maximum Gasteiger partial charge on any atom is 0.0765 e. The molecule has 2 unspecified atom stereocenters. The van der Waals surface area contributed by atoms with Crippen LogP contribution in [0.5, 0.6) is 0 Å². The summed E-state index contributed by atoms with van der Waals surface area (Å²) >= 11 is 0. The first-order valence-corrected chi connectivity index (χ1v) is 8.02. The third-order valence-corrected chi connectivity index (χ3v) is 4.36. The van der Waals surface area contributed by atoms with Crippen LogP contribution in [0.4, 0.5) is 0 Å². The first-order chi connectivity index (χ1) is 9.51. The third-order valence-electron chi connectivity index (χ3n) is 4.36. The average Bonchev–Trinajstić information content (AvgIpc) is 2.87. The second-order valence-corrected chi connectivity index (χ2v) is 6.64. The van der Waals surface area contributed by atoms with Gasteiger partial charge in [0.1, 0.15) is 0 Å². The fourth-order valence-electron chi connectivity index (χ4n) is 2.97. The normalized spacial score (nSPS) is 24.8. The van der Waals surface area contributed by atoms with E-state index in [9.17, 15) is 0 Å². The van der Waals surface area contributed by atoms with Crippen LogP contribution < -0.4 is 5.32 Å². The number of piperazine rings is 1. The third kappa shape index (κ3) is 3.61. The highest BCUT2D eigenvalue weighted by atomic mass is 15.3. The van der Waals surface area contributed by atoms with Gasteiger partial charge in [-0.3, -0.25) is 9.58 Å². The number of aromatic nitrogens is 2. The first kappa shape index (κ1) is 15.5. The van der Waals surface area contributed by atoms with Crippen LogP contribution in [-0.4, -0.2) is 39.9 Å². The molecule has 2 heterocycles. The molecule has 0 amide bonds. The van der Waals surface area contributed by atoms with Gasteiger partial charge in [-0.25, -0.2) is 0 Å². The van der Waals surface area contributed by atoms with Crippen molar-refractivity contribution >= 4 is 0 Å². The summed E-state index contributed by atoms with van der Waals surface area (Å²) in [6, 6.07) is 3.84. The summed E-state index contributed by atoms with van der Waals surface area (Å²) in [5.74, 6) is 0.674. The number of hydrogen-bond acceptors (Lipinski definition) is 3. The molecule has 2 atom stereocenters. The van der Waals surface area contributed by atoms with Gasteiger partial charge >= 0.3 is 0 Å². The standard InChI is InChI=1S/C16H30N4/c1-6-14-10-19(16(9-17-14)12(2)3)11-15-7-8-20(18-15)13(4)5/h7-8,12-14,16-17H,6,9-11H2,1-5H3. The highest BCUT2D eigenvalue weighted by Gasteiger charge is 2.29. The van der Waals surface area contributed by atoms with E-state index in [1.807, 2.05) is 0 Å². The molecule has 1 aromatic heterocycles. The minimum atomic E-state index is 0.441. The fraction of sp³-hybridized carbons (Fsp3) is 0.812. The van der Waals surface area contributed by atoms with Gasteiger partial charge in [0.2, 0.25) is 0 Å². The molecule has 0 bridgehead atoms. The molecule has 1 aliphatic rings. The molecule has 1 saturated heterocycles. The van der Waals surface area contributed by atoms with Gasteiger partial charge in [-0.05, 0) is 32.3 Å². The van der Waals surface area contributed by atoms with Crippen LogP contribution in [0.1, 0.15) is 52.8 Å². The second-order valence-electron chi connectivity index (χ2n) is 6.64. The number of nitrogens with zero attached hydrogens (tertiary/aromatic N) is 3. The lowest BCUT2D eigenvalue weighted by atomic mass is 9.97. The molecule has 1 aliphatic heterocycles. The van der Waals surface area contributed by atoms with Crippen LogP contribution in [0.15, 0.2) is 12.3 Å². The summed E-state index contributed by atoms with van der Waals surface area (Å²) in [6.07, 6.45) is 3.30. The van der Waals surface area contributed by atoms with Crippen molar-refractivity contribution in [2.75, 3.05) is 13.1 Å². The van der Waals surface area contributed by atoms with E-state index in [0.29, 0.717) is 24.0 Å². The van der Waals surface area contributed by atoms with Crippen LogP contribution in [0.25, 0.3) is 0 Å². The summed E-state index contributed by atoms with van der Waals surface area (Å²) in [6.45, 7) is 14.4. The zero-order chi connectivity index (χ0) is 14.7. The Morgan fingerprint density at radius 2 is 2.10 bits per heavy atom. The van der Waals surface area contributed by atoms with E-state index in [1.54, 1.807) is 0 Å². The molecule has 0 aliphatic carbocycles. The quantitative estimate of drug-likeness (QED) is 0.899. The molecule has 4 heteroatoms. The van der Waals surface area contributed by atoms with Crippen molar-refractivity contribution in [2.24, 2.45) is 5.92 Å². The highest BCUT2D eigenvalue weighted by molar-refractivity contribution is 5.01. The van der Waals surface area contributed by atoms with Gasteiger partial charge in [-0.15, -0.1) is 0 Å². The summed E-state index contributed by atoms with van der Waals surface area (Å²) < 4.78 is 2.05. The molecular weight excluding hydrogens is 248 g/mol. The lowest BCUT2D eigenvalue weighted by Crippen LogP contribution is -2.57. The van der Waals surface area contributed by atoms with Crippen LogP contribution in [0, 0.1) is 5.92 Å². The maximum absolute atomic E-state index is 4.70. The molecule has 0 aromatic carbocycles. The highest BCUT2D eigenvalue weighted by Crippen LogP contribution is 2.19. The van der Waals surface area contributed by atoms with Crippen molar-refractivity contribution in [3.63, 3.8) is 0 Å². The summed E-state index contributed by atoms with van der Waals surface area (Å²) in [5, 5.41) is 8.38. The maximum atomic E-state index is 4.70. The predicted octanol–water partition coefficient (Wildman–Crippen LogP) is 2.67. The zero-order valence-corrected chi connectivity index (χ0v) is 13.6. The van der Waals surface area contributed by atoms with E-state index >= 15 is 0 Å². The Morgan fingerprint density at radius 3 is 2.65 bits per heavy atom. The second kappa shape index (κ2) is 6.72. The first-order valence-electron chi connectivity index (χ1n) is 8.02. The van der Waals surface area contributed by atoms with Gasteiger partial charge in [-0.2, -0.15) is 5.10 Å². The van der Waals surface area contributed by atoms with Crippen molar-refractivity contribution in [3.05, 3.63) is 18.0 Å². The van der Waals surface area contributed by atoms with E-state index in [2.05, 4.69) is 61.8 Å². The van der Waals surface area contributed by atoms with Gasteiger partial charge in [0.15, 0.2) is 0 Å². The van der Waals surface area contributed by atoms with Crippen LogP contribution in [0.3, 0.4) is 0 Å². The molecule has 0 saturated carbocycles. The van der Waals surface area contributed by atoms with E-state index in [4.69, 9.17) is 5.10 Å². The molecule has 1 fully saturated rings. The molecule has 0 spiro atoms. The van der Waals surface area contributed by atoms with Crippen molar-refractivity contribution in [2.45, 2.75) is 65.7 Å². The summed E-state index contributed by atoms with van der Waals surface area (Å²) in [7, 11) is 0. The number of hydrogen-bond donors (Lipinski definition) is 1. The van der Waals surface area contributed by atoms with Gasteiger partial charge in [0.25, 0.3) is 0 Å². The number of rotatable bonds is 5. The summed E-state index contributed by atoms with van der Waals surface area (Å²) in [4.78, 5) is 2.61. The summed E-state index contributed by atoms with van der Waals surface area (Å²) in [5.41, 5.74) is 1.20. The van der Waals surface area contributed by atoms with Gasteiger partial charge in [0.05, 0.1) is 5.69 Å². The largest absolute Gasteiger partial charge is 0.311 e. The van der Waals surface area contributed by atoms with Crippen LogP contribution in [-0.2, 0) is 6.54 Å². The molecule has 114 valence electrons. The molecule has 1 aromatic rings. The lowest BCUT2D eigenvalue weighted by Gasteiger charge is -2.42. The van der Waals surface area contributed by atoms with Crippen LogP contribution in [0.2, 0.25) is 0 Å². The fourth-order valence-corrected chi connectivity index (χ4v) is 2.97. The Labute approximate surface area is 123 Å². The van der Waals surface area contributed by atoms with Gasteiger partial charge < -0.3 is 5.32 Å². The average molecular weight is 278 g/mol. The lowest BCUT2D eigenvalue weighted by molar-refractivity contribution is 0.0885. The van der Waals surface area contributed by atoms with Crippen molar-refractivity contribution < 1.29 is 0 Å². The zero-order valence-electron chi connectivity index (χ0n) is 13.6. The molecular formula is C16H30N4. The smallest absolute Gasteiger partial charge is 0.0765 e. The Balaban J connectivity index is 2.05. The van der Waals surface area contributed by atoms with Crippen molar-refractivity contribution in [3.8, 4) is 0 Å². The Bertz CT molecular complexity index is 410. The van der Waals surface area contributed by atoms with Gasteiger partial charge in [-0.1, -0.05) is 20.8 Å². The molecule has 0 radical (unpaired) electrons. The van der Waals surface area contributed by atoms with Gasteiger partial charge in [0, 0.05) is 44.0 Å². The van der Waals surface area contributed by atoms with E-state index in [1.165, 1.54) is 12.1 Å². The van der Waals surface area contributed by atoms with E-state index in [0.717, 1.165) is 19.6 Å².